The van der Waals surface area contributed by atoms with Gasteiger partial charge in [-0.05, 0) is 84.8 Å². The normalized spacial score (nSPS) is 20.8. The number of rotatable bonds is 7. The van der Waals surface area contributed by atoms with Gasteiger partial charge < -0.3 is 0 Å². The zero-order chi connectivity index (χ0) is 34.4. The first-order valence-electron chi connectivity index (χ1n) is 16.0. The SMILES string of the molecule is O=C1/C(=C/c2ccc(Sc3nc4ccc(N5C(=O)[C@@H]6CCCC[C@H]6C5=O)cc4s3)c([N+](=O)[O-])c2)SC(=Nc2ccccc2)N1c1ccccc1. The fourth-order valence-electron chi connectivity index (χ4n) is 6.56. The minimum atomic E-state index is -0.442. The van der Waals surface area contributed by atoms with Gasteiger partial charge >= 0.3 is 0 Å². The van der Waals surface area contributed by atoms with Crippen molar-refractivity contribution >= 4 is 96.8 Å². The van der Waals surface area contributed by atoms with E-state index in [-0.39, 0.29) is 35.2 Å². The van der Waals surface area contributed by atoms with E-state index in [0.29, 0.717) is 47.5 Å². The second-order valence-electron chi connectivity index (χ2n) is 12.0. The average molecular weight is 718 g/mol. The van der Waals surface area contributed by atoms with E-state index in [1.165, 1.54) is 45.8 Å². The van der Waals surface area contributed by atoms with E-state index in [9.17, 15) is 24.5 Å². The van der Waals surface area contributed by atoms with Crippen LogP contribution in [0.2, 0.25) is 0 Å². The lowest BCUT2D eigenvalue weighted by Gasteiger charge is -2.19. The van der Waals surface area contributed by atoms with Crippen LogP contribution in [0.4, 0.5) is 22.7 Å². The van der Waals surface area contributed by atoms with Crippen LogP contribution >= 0.6 is 34.9 Å². The monoisotopic (exact) mass is 717 g/mol. The molecule has 1 aliphatic carbocycles. The summed E-state index contributed by atoms with van der Waals surface area (Å²) in [7, 11) is 0. The Morgan fingerprint density at radius 3 is 2.24 bits per heavy atom. The van der Waals surface area contributed by atoms with Gasteiger partial charge in [0.05, 0.1) is 53.8 Å². The maximum absolute atomic E-state index is 13.7. The summed E-state index contributed by atoms with van der Waals surface area (Å²) < 4.78 is 1.36. The standard InChI is InChI=1S/C37H27N5O5S3/c43-33-26-13-7-8-14-27(26)34(44)40(33)25-16-17-28-31(21-25)50-37(39-28)49-30-18-15-22(19-29(30)42(46)47)20-32-35(45)41(24-11-5-2-6-12-24)36(48-32)38-23-9-3-1-4-10-23/h1-6,9-12,15-21,26-27H,7-8,13-14H2/b32-20-,38-36?/t26-,27-/m1/s1. The number of anilines is 2. The molecule has 10 nitrogen and oxygen atoms in total. The van der Waals surface area contributed by atoms with Crippen molar-refractivity contribution in [1.82, 2.24) is 4.98 Å². The number of thiazole rings is 1. The van der Waals surface area contributed by atoms with Crippen LogP contribution in [0.5, 0.6) is 0 Å². The Balaban J connectivity index is 1.06. The molecule has 1 saturated carbocycles. The van der Waals surface area contributed by atoms with Crippen molar-refractivity contribution in [1.29, 1.82) is 0 Å². The second-order valence-corrected chi connectivity index (χ2v) is 15.4. The number of hydrogen-bond acceptors (Lipinski definition) is 10. The van der Waals surface area contributed by atoms with E-state index in [2.05, 4.69) is 4.98 Å². The van der Waals surface area contributed by atoms with Gasteiger partial charge in [0.25, 0.3) is 11.6 Å². The summed E-state index contributed by atoms with van der Waals surface area (Å²) in [4.78, 5) is 64.9. The van der Waals surface area contributed by atoms with E-state index in [0.717, 1.165) is 30.4 Å². The number of benzene rings is 4. The van der Waals surface area contributed by atoms with Crippen molar-refractivity contribution in [3.05, 3.63) is 118 Å². The Labute approximate surface area is 299 Å². The Morgan fingerprint density at radius 1 is 0.840 bits per heavy atom. The fourth-order valence-corrected chi connectivity index (χ4v) is 9.70. The van der Waals surface area contributed by atoms with Crippen LogP contribution in [0.15, 0.2) is 116 Å². The Kier molecular flexibility index (Phi) is 8.55. The van der Waals surface area contributed by atoms with Crippen LogP contribution in [0.25, 0.3) is 16.3 Å². The molecule has 2 saturated heterocycles. The highest BCUT2D eigenvalue weighted by molar-refractivity contribution is 8.19. The van der Waals surface area contributed by atoms with Gasteiger partial charge in [0.1, 0.15) is 0 Å². The summed E-state index contributed by atoms with van der Waals surface area (Å²) >= 11 is 3.73. The predicted octanol–water partition coefficient (Wildman–Crippen LogP) is 8.84. The summed E-state index contributed by atoms with van der Waals surface area (Å²) in [6.07, 6.45) is 5.06. The molecule has 3 heterocycles. The molecule has 0 radical (unpaired) electrons. The van der Waals surface area contributed by atoms with Crippen molar-refractivity contribution < 1.29 is 19.3 Å². The number of aromatic nitrogens is 1. The Hall–Kier alpha value is -5.11. The number of amides is 3. The lowest BCUT2D eigenvalue weighted by Crippen LogP contribution is -2.30. The lowest BCUT2D eigenvalue weighted by molar-refractivity contribution is -0.387. The lowest BCUT2D eigenvalue weighted by atomic mass is 9.81. The number of hydrogen-bond donors (Lipinski definition) is 0. The molecule has 8 rings (SSSR count). The van der Waals surface area contributed by atoms with E-state index in [1.54, 1.807) is 41.3 Å². The Bertz CT molecular complexity index is 2230. The highest BCUT2D eigenvalue weighted by Crippen LogP contribution is 2.44. The van der Waals surface area contributed by atoms with Crippen LogP contribution in [0, 0.1) is 22.0 Å². The van der Waals surface area contributed by atoms with Gasteiger partial charge in [-0.25, -0.2) is 9.98 Å². The van der Waals surface area contributed by atoms with Gasteiger partial charge in [-0.2, -0.15) is 0 Å². The van der Waals surface area contributed by atoms with Gasteiger partial charge in [-0.15, -0.1) is 11.3 Å². The van der Waals surface area contributed by atoms with Crippen molar-refractivity contribution in [2.45, 2.75) is 34.9 Å². The van der Waals surface area contributed by atoms with Gasteiger partial charge in [0.2, 0.25) is 11.8 Å². The molecular weight excluding hydrogens is 691 g/mol. The number of aliphatic imine (C=N–C) groups is 1. The summed E-state index contributed by atoms with van der Waals surface area (Å²) in [6, 6.07) is 28.8. The fraction of sp³-hybridized carbons (Fsp3) is 0.162. The first-order chi connectivity index (χ1) is 24.3. The van der Waals surface area contributed by atoms with E-state index in [4.69, 9.17) is 4.99 Å². The number of nitro benzene ring substituents is 1. The molecule has 3 amide bonds. The third-order valence-electron chi connectivity index (χ3n) is 8.93. The molecule has 0 unspecified atom stereocenters. The number of carbonyl (C=O) groups is 3. The molecular formula is C37H27N5O5S3. The van der Waals surface area contributed by atoms with Crippen LogP contribution in [-0.4, -0.2) is 32.8 Å². The highest BCUT2D eigenvalue weighted by atomic mass is 32.2. The van der Waals surface area contributed by atoms with E-state index < -0.39 is 4.92 Å². The molecule has 2 atom stereocenters. The van der Waals surface area contributed by atoms with Gasteiger partial charge in [0, 0.05) is 6.07 Å². The molecule has 13 heteroatoms. The summed E-state index contributed by atoms with van der Waals surface area (Å²) in [5.74, 6) is -1.02. The predicted molar refractivity (Wildman–Crippen MR) is 198 cm³/mol. The molecule has 0 bridgehead atoms. The number of imide groups is 1. The van der Waals surface area contributed by atoms with Crippen LogP contribution < -0.4 is 9.80 Å². The molecule has 4 aromatic carbocycles. The van der Waals surface area contributed by atoms with Crippen LogP contribution in [0.1, 0.15) is 31.2 Å². The topological polar surface area (TPSA) is 126 Å². The van der Waals surface area contributed by atoms with Crippen LogP contribution in [-0.2, 0) is 14.4 Å². The maximum atomic E-state index is 13.7. The molecule has 248 valence electrons. The molecule has 1 aromatic heterocycles. The highest BCUT2D eigenvalue weighted by Gasteiger charge is 2.48. The number of nitro groups is 1. The van der Waals surface area contributed by atoms with E-state index in [1.807, 2.05) is 60.7 Å². The van der Waals surface area contributed by atoms with Gasteiger partial charge in [-0.1, -0.05) is 67.1 Å². The molecule has 3 aliphatic rings. The minimum Gasteiger partial charge on any atom is -0.274 e. The van der Waals surface area contributed by atoms with Crippen molar-refractivity contribution in [3.63, 3.8) is 0 Å². The maximum Gasteiger partial charge on any atom is 0.283 e. The molecule has 2 aliphatic heterocycles. The number of fused-ring (bicyclic) bond motifs is 2. The smallest absolute Gasteiger partial charge is 0.274 e. The molecule has 3 fully saturated rings. The van der Waals surface area contributed by atoms with E-state index >= 15 is 0 Å². The quantitative estimate of drug-likeness (QED) is 0.0708. The average Bonchev–Trinajstić information content (AvgIpc) is 3.76. The van der Waals surface area contributed by atoms with Crippen molar-refractivity contribution in [2.75, 3.05) is 9.80 Å². The molecule has 0 N–H and O–H groups in total. The van der Waals surface area contributed by atoms with Gasteiger partial charge in [0.15, 0.2) is 9.51 Å². The number of thioether (sulfide) groups is 1. The van der Waals surface area contributed by atoms with Crippen molar-refractivity contribution in [3.8, 4) is 0 Å². The molecule has 0 spiro atoms. The first kappa shape index (κ1) is 32.1. The number of para-hydroxylation sites is 2. The third-order valence-corrected chi connectivity index (χ3v) is 12.0. The molecule has 5 aromatic rings. The van der Waals surface area contributed by atoms with Crippen molar-refractivity contribution in [2.24, 2.45) is 16.8 Å². The summed E-state index contributed by atoms with van der Waals surface area (Å²) in [5.41, 5.74) is 2.96. The zero-order valence-corrected chi connectivity index (χ0v) is 28.7. The number of nitrogens with zero attached hydrogens (tertiary/aromatic N) is 5. The minimum absolute atomic E-state index is 0.117. The summed E-state index contributed by atoms with van der Waals surface area (Å²) in [5, 5.41) is 12.8. The zero-order valence-electron chi connectivity index (χ0n) is 26.3. The van der Waals surface area contributed by atoms with Gasteiger partial charge in [-0.3, -0.25) is 34.3 Å². The van der Waals surface area contributed by atoms with Crippen LogP contribution in [0.3, 0.4) is 0 Å². The number of amidine groups is 1. The summed E-state index contributed by atoms with van der Waals surface area (Å²) in [6.45, 7) is 0. The Morgan fingerprint density at radius 2 is 1.54 bits per heavy atom. The number of carbonyl (C=O) groups excluding carboxylic acids is 3. The first-order valence-corrected chi connectivity index (χ1v) is 18.5. The third kappa shape index (κ3) is 6.01. The largest absolute Gasteiger partial charge is 0.283 e. The molecule has 50 heavy (non-hydrogen) atoms. The second kappa shape index (κ2) is 13.3.